The number of halogens is 3. The molecule has 1 aromatic heterocycles. The van der Waals surface area contributed by atoms with E-state index in [2.05, 4.69) is 20.9 Å². The van der Waals surface area contributed by atoms with Crippen LogP contribution in [0.3, 0.4) is 0 Å². The summed E-state index contributed by atoms with van der Waals surface area (Å²) in [6.07, 6.45) is 1.55. The van der Waals surface area contributed by atoms with Crippen LogP contribution in [-0.2, 0) is 0 Å². The van der Waals surface area contributed by atoms with Crippen LogP contribution in [0.4, 0.5) is 0 Å². The van der Waals surface area contributed by atoms with Gasteiger partial charge in [-0.2, -0.15) is 0 Å². The van der Waals surface area contributed by atoms with Crippen LogP contribution in [0.1, 0.15) is 0 Å². The van der Waals surface area contributed by atoms with Gasteiger partial charge < -0.3 is 0 Å². The van der Waals surface area contributed by atoms with Crippen LogP contribution in [0, 0.1) is 37.7 Å². The summed E-state index contributed by atoms with van der Waals surface area (Å²) < 4.78 is 0.647. The van der Waals surface area contributed by atoms with Gasteiger partial charge in [-0.1, -0.05) is 23.2 Å². The van der Waals surface area contributed by atoms with Crippen LogP contribution in [-0.4, -0.2) is 4.98 Å². The zero-order valence-electron chi connectivity index (χ0n) is 4.59. The molecule has 0 unspecified atom stereocenters. The predicted octanol–water partition coefficient (Wildman–Crippen LogP) is 3.15. The summed E-state index contributed by atoms with van der Waals surface area (Å²) in [5.41, 5.74) is 0. The Hall–Kier alpha value is 1.47. The summed E-state index contributed by atoms with van der Waals surface area (Å²) >= 11 is 14.4. The van der Waals surface area contributed by atoms with E-state index >= 15 is 0 Å². The van der Waals surface area contributed by atoms with Gasteiger partial charge in [0.05, 0.1) is 9.50 Å². The van der Waals surface area contributed by atoms with E-state index < -0.39 is 0 Å². The molecule has 56 valence electrons. The molecule has 0 N–H and O–H groups in total. The first kappa shape index (κ1) is 11.5. The first-order chi connectivity index (χ1) is 4.22. The van der Waals surface area contributed by atoms with Crippen LogP contribution >= 0.6 is 39.1 Å². The molecule has 0 radical (unpaired) electrons. The molecule has 0 amide bonds. The Morgan fingerprint density at radius 2 is 2.00 bits per heavy atom. The second-order valence-corrected chi connectivity index (χ2v) is 2.96. The molecule has 1 nitrogen and oxygen atoms in total. The van der Waals surface area contributed by atoms with Crippen LogP contribution < -0.4 is 0 Å². The summed E-state index contributed by atoms with van der Waals surface area (Å²) in [5, 5.41) is 0.970. The molecule has 0 spiro atoms. The fourth-order valence-corrected chi connectivity index (χ4v) is 0.983. The van der Waals surface area contributed by atoms with Crippen LogP contribution in [0.2, 0.25) is 10.2 Å². The Morgan fingerprint density at radius 1 is 1.40 bits per heavy atom. The first-order valence-electron chi connectivity index (χ1n) is 2.17. The monoisotopic (exact) mass is 265 g/mol. The quantitative estimate of drug-likeness (QED) is 0.658. The maximum atomic E-state index is 5.64. The molecule has 1 aromatic rings. The fraction of sp³-hybridized carbons (Fsp3) is 0. The van der Waals surface area contributed by atoms with Crippen LogP contribution in [0.15, 0.2) is 16.7 Å². The van der Waals surface area contributed by atoms with E-state index in [1.807, 2.05) is 0 Å². The molecule has 1 rings (SSSR count). The van der Waals surface area contributed by atoms with Crippen molar-refractivity contribution in [1.82, 2.24) is 4.98 Å². The first-order valence-corrected chi connectivity index (χ1v) is 3.72. The normalized spacial score (nSPS) is 8.70. The molecule has 1 heterocycles. The average molecular weight is 267 g/mol. The standard InChI is InChI=1S/C5H2BrCl2N.Ar/c6-4-3(7)1-2-9-5(4)8;/h1-2H;. The zero-order chi connectivity index (χ0) is 6.85. The number of aromatic nitrogens is 1. The Kier molecular flexibility index (Phi) is 5.94. The minimum atomic E-state index is 0. The summed E-state index contributed by atoms with van der Waals surface area (Å²) in [6, 6.07) is 1.66. The third-order valence-electron chi connectivity index (χ3n) is 0.800. The average Bonchev–Trinajstić information content (AvgIpc) is 1.83. The van der Waals surface area contributed by atoms with Gasteiger partial charge in [0.25, 0.3) is 0 Å². The molecule has 0 aliphatic carbocycles. The predicted molar refractivity (Wildman–Crippen MR) is 42.0 cm³/mol. The van der Waals surface area contributed by atoms with Gasteiger partial charge in [0.2, 0.25) is 0 Å². The van der Waals surface area contributed by atoms with E-state index in [-0.39, 0.29) is 37.7 Å². The Morgan fingerprint density at radius 3 is 2.40 bits per heavy atom. The number of hydrogen-bond acceptors (Lipinski definition) is 1. The molecular formula is C5H2ArBrCl2N. The van der Waals surface area contributed by atoms with Crippen molar-refractivity contribution in [1.29, 1.82) is 0 Å². The van der Waals surface area contributed by atoms with Crippen LogP contribution in [0.25, 0.3) is 0 Å². The zero-order valence-corrected chi connectivity index (χ0v) is 8.39. The molecule has 0 aliphatic heterocycles. The maximum absolute atomic E-state index is 5.64. The topological polar surface area (TPSA) is 12.9 Å². The minimum absolute atomic E-state index is 0. The molecular weight excluding hydrogens is 265 g/mol. The van der Waals surface area contributed by atoms with Gasteiger partial charge in [0.1, 0.15) is 5.15 Å². The van der Waals surface area contributed by atoms with Gasteiger partial charge in [0.15, 0.2) is 0 Å². The molecule has 0 saturated carbocycles. The summed E-state index contributed by atoms with van der Waals surface area (Å²) in [4.78, 5) is 3.77. The summed E-state index contributed by atoms with van der Waals surface area (Å²) in [5.74, 6) is 0. The number of rotatable bonds is 0. The molecule has 0 saturated heterocycles. The smallest absolute Gasteiger partial charge is 0.144 e. The molecule has 5 heteroatoms. The number of pyridine rings is 1. The Balaban J connectivity index is 0.000000810. The fourth-order valence-electron chi connectivity index (χ4n) is 0.397. The van der Waals surface area contributed by atoms with E-state index in [4.69, 9.17) is 23.2 Å². The SMILES string of the molecule is Clc1ccnc(Cl)c1Br.[Ar]. The van der Waals surface area contributed by atoms with Crippen molar-refractivity contribution in [3.05, 3.63) is 26.9 Å². The third kappa shape index (κ3) is 2.84. The molecule has 0 aliphatic rings. The van der Waals surface area contributed by atoms with Crippen LogP contribution in [0.5, 0.6) is 0 Å². The van der Waals surface area contributed by atoms with Crippen molar-refractivity contribution in [2.75, 3.05) is 0 Å². The van der Waals surface area contributed by atoms with Crippen molar-refractivity contribution in [2.45, 2.75) is 0 Å². The molecule has 10 heavy (non-hydrogen) atoms. The van der Waals surface area contributed by atoms with Gasteiger partial charge in [-0.3, -0.25) is 0 Å². The van der Waals surface area contributed by atoms with Gasteiger partial charge in [-0.05, 0) is 22.0 Å². The third-order valence-corrected chi connectivity index (χ3v) is 2.66. The van der Waals surface area contributed by atoms with E-state index in [0.717, 1.165) is 0 Å². The molecule has 0 bridgehead atoms. The maximum Gasteiger partial charge on any atom is 0.144 e. The van der Waals surface area contributed by atoms with Crippen molar-refractivity contribution in [2.24, 2.45) is 0 Å². The molecule has 0 atom stereocenters. The largest absolute Gasteiger partial charge is 0.243 e. The van der Waals surface area contributed by atoms with Gasteiger partial charge >= 0.3 is 0 Å². The second kappa shape index (κ2) is 5.17. The van der Waals surface area contributed by atoms with E-state index in [0.29, 0.717) is 14.6 Å². The molecule has 0 aromatic carbocycles. The van der Waals surface area contributed by atoms with Crippen molar-refractivity contribution < 1.29 is 37.7 Å². The van der Waals surface area contributed by atoms with Crippen molar-refractivity contribution in [3.63, 3.8) is 0 Å². The summed E-state index contributed by atoms with van der Waals surface area (Å²) in [6.45, 7) is 0. The number of hydrogen-bond donors (Lipinski definition) is 0. The van der Waals surface area contributed by atoms with E-state index in [1.54, 1.807) is 12.3 Å². The number of nitrogens with zero attached hydrogens (tertiary/aromatic N) is 1. The van der Waals surface area contributed by atoms with Crippen molar-refractivity contribution in [3.8, 4) is 0 Å². The Labute approximate surface area is 107 Å². The van der Waals surface area contributed by atoms with E-state index in [9.17, 15) is 0 Å². The Bertz CT molecular complexity index is 211. The summed E-state index contributed by atoms with van der Waals surface area (Å²) in [7, 11) is 0. The second-order valence-electron chi connectivity index (χ2n) is 1.40. The van der Waals surface area contributed by atoms with Gasteiger partial charge in [0, 0.05) is 43.9 Å². The van der Waals surface area contributed by atoms with Gasteiger partial charge in [-0.25, -0.2) is 4.98 Å². The van der Waals surface area contributed by atoms with Gasteiger partial charge in [-0.15, -0.1) is 0 Å². The van der Waals surface area contributed by atoms with E-state index in [1.165, 1.54) is 0 Å². The minimum Gasteiger partial charge on any atom is -0.243 e. The molecule has 0 fully saturated rings. The van der Waals surface area contributed by atoms with Crippen molar-refractivity contribution >= 4 is 39.1 Å².